The van der Waals surface area contributed by atoms with E-state index in [1.807, 2.05) is 11.0 Å². The summed E-state index contributed by atoms with van der Waals surface area (Å²) in [6, 6.07) is 1.62. The largest absolute Gasteiger partial charge is 0.344 e. The molecule has 0 atom stereocenters. The average Bonchev–Trinajstić information content (AvgIpc) is 2.78. The van der Waals surface area contributed by atoms with Crippen LogP contribution >= 0.6 is 0 Å². The van der Waals surface area contributed by atoms with Crippen molar-refractivity contribution in [1.29, 1.82) is 5.26 Å². The highest BCUT2D eigenvalue weighted by Crippen LogP contribution is 2.06. The smallest absolute Gasteiger partial charge is 0.322 e. The van der Waals surface area contributed by atoms with Crippen LogP contribution < -0.4 is 0 Å². The average molecular weight is 297 g/mol. The molecule has 0 N–H and O–H groups in total. The van der Waals surface area contributed by atoms with E-state index in [0.29, 0.717) is 38.2 Å². The molecule has 1 aromatic heterocycles. The second kappa shape index (κ2) is 6.49. The summed E-state index contributed by atoms with van der Waals surface area (Å²) in [7, 11) is -2.44. The Morgan fingerprint density at radius 1 is 1.35 bits per heavy atom. The second-order valence-corrected chi connectivity index (χ2v) is 5.45. The zero-order valence-corrected chi connectivity index (χ0v) is 11.7. The Balaban J connectivity index is 1.99. The molecule has 0 aromatic carbocycles. The van der Waals surface area contributed by atoms with Crippen LogP contribution in [0.4, 0.5) is 4.79 Å². The molecule has 2 rings (SSSR count). The van der Waals surface area contributed by atoms with Gasteiger partial charge in [-0.2, -0.15) is 15.0 Å². The number of nitriles is 1. The number of thiol groups is 1. The molecule has 1 aromatic rings. The molecule has 20 heavy (non-hydrogen) atoms. The third kappa shape index (κ3) is 3.55. The van der Waals surface area contributed by atoms with Crippen LogP contribution in [0, 0.1) is 11.3 Å². The molecule has 1 fully saturated rings. The predicted octanol–water partition coefficient (Wildman–Crippen LogP) is -0.701. The molecule has 0 aliphatic carbocycles. The quantitative estimate of drug-likeness (QED) is 0.725. The Labute approximate surface area is 118 Å². The Hall–Kier alpha value is -1.92. The summed E-state index contributed by atoms with van der Waals surface area (Å²) in [4.78, 5) is 15.6. The summed E-state index contributed by atoms with van der Waals surface area (Å²) in [5.74, 6) is 0.0255. The zero-order valence-electron chi connectivity index (χ0n) is 10.8. The van der Waals surface area contributed by atoms with Crippen molar-refractivity contribution in [1.82, 2.24) is 19.6 Å². The lowest BCUT2D eigenvalue weighted by Gasteiger charge is -2.20. The Kier molecular flexibility index (Phi) is 4.70. The van der Waals surface area contributed by atoms with Crippen molar-refractivity contribution in [2.75, 3.05) is 32.1 Å². The van der Waals surface area contributed by atoms with Crippen LogP contribution in [-0.2, 0) is 10.7 Å². The van der Waals surface area contributed by atoms with E-state index in [1.165, 1.54) is 12.4 Å². The molecule has 2 heterocycles. The van der Waals surface area contributed by atoms with Crippen LogP contribution in [0.15, 0.2) is 12.4 Å². The topological polar surface area (TPSA) is 99.3 Å². The molecule has 8 nitrogen and oxygen atoms in total. The minimum Gasteiger partial charge on any atom is -0.322 e. The van der Waals surface area contributed by atoms with Crippen molar-refractivity contribution in [3.05, 3.63) is 18.0 Å². The lowest BCUT2D eigenvalue weighted by molar-refractivity contribution is 0.197. The molecule has 9 heteroatoms. The van der Waals surface area contributed by atoms with Crippen LogP contribution in [0.1, 0.15) is 12.0 Å². The fraction of sp³-hybridized carbons (Fsp3) is 0.545. The van der Waals surface area contributed by atoms with Gasteiger partial charge in [0.1, 0.15) is 6.07 Å². The summed E-state index contributed by atoms with van der Waals surface area (Å²) in [6.07, 6.45) is 3.44. The van der Waals surface area contributed by atoms with E-state index in [0.717, 1.165) is 4.68 Å². The molecule has 0 saturated carbocycles. The summed E-state index contributed by atoms with van der Waals surface area (Å²) in [5.41, 5.74) is 0.332. The van der Waals surface area contributed by atoms with Gasteiger partial charge in [-0.1, -0.05) is 0 Å². The normalized spacial score (nSPS) is 16.9. The Bertz CT molecular complexity index is 595. The summed E-state index contributed by atoms with van der Waals surface area (Å²) < 4.78 is 22.6. The molecule has 0 bridgehead atoms. The highest BCUT2D eigenvalue weighted by atomic mass is 32.2. The van der Waals surface area contributed by atoms with Gasteiger partial charge in [-0.05, 0) is 6.42 Å². The summed E-state index contributed by atoms with van der Waals surface area (Å²) >= 11 is 0. The summed E-state index contributed by atoms with van der Waals surface area (Å²) in [5, 5.41) is 12.6. The molecule has 1 aliphatic heterocycles. The van der Waals surface area contributed by atoms with Crippen molar-refractivity contribution in [3.8, 4) is 6.07 Å². The van der Waals surface area contributed by atoms with Crippen molar-refractivity contribution < 1.29 is 13.2 Å². The van der Waals surface area contributed by atoms with Gasteiger partial charge in [-0.15, -0.1) is 0 Å². The summed E-state index contributed by atoms with van der Waals surface area (Å²) in [6.45, 7) is 2.16. The first kappa shape index (κ1) is 14.5. The lowest BCUT2D eigenvalue weighted by atomic mass is 10.4. The molecular weight excluding hydrogens is 282 g/mol. The maximum atomic E-state index is 12.2. The van der Waals surface area contributed by atoms with Gasteiger partial charge in [-0.25, -0.2) is 13.2 Å². The van der Waals surface area contributed by atoms with E-state index in [-0.39, 0.29) is 11.9 Å². The predicted molar refractivity (Wildman–Crippen MR) is 70.7 cm³/mol. The zero-order chi connectivity index (χ0) is 14.5. The molecule has 108 valence electrons. The second-order valence-electron chi connectivity index (χ2n) is 4.50. The lowest BCUT2D eigenvalue weighted by Crippen LogP contribution is -2.38. The van der Waals surface area contributed by atoms with E-state index in [9.17, 15) is 13.2 Å². The molecular formula is C11H15N5O3S. The van der Waals surface area contributed by atoms with Crippen molar-refractivity contribution in [2.24, 2.45) is 0 Å². The van der Waals surface area contributed by atoms with Gasteiger partial charge in [0.2, 0.25) is 0 Å². The number of carbonyl (C=O) groups is 1. The molecule has 0 spiro atoms. The highest BCUT2D eigenvalue weighted by molar-refractivity contribution is 7.72. The maximum absolute atomic E-state index is 12.2. The number of rotatable bonds is 2. The SMILES string of the molecule is N#Cc1cnn(C(=O)N2CCCN(C[SH](=O)=O)CC2)c1. The van der Waals surface area contributed by atoms with Crippen LogP contribution in [0.3, 0.4) is 0 Å². The van der Waals surface area contributed by atoms with Crippen molar-refractivity contribution in [3.63, 3.8) is 0 Å². The molecule has 1 saturated heterocycles. The van der Waals surface area contributed by atoms with Gasteiger partial charge < -0.3 is 4.90 Å². The first-order chi connectivity index (χ1) is 9.60. The van der Waals surface area contributed by atoms with E-state index >= 15 is 0 Å². The number of hydrogen-bond acceptors (Lipinski definition) is 6. The minimum atomic E-state index is -2.44. The molecule has 0 unspecified atom stereocenters. The number of aromatic nitrogens is 2. The van der Waals surface area contributed by atoms with Crippen molar-refractivity contribution >= 4 is 16.7 Å². The van der Waals surface area contributed by atoms with E-state index in [2.05, 4.69) is 5.10 Å². The van der Waals surface area contributed by atoms with Crippen LogP contribution in [0.2, 0.25) is 0 Å². The molecule has 1 aliphatic rings. The highest BCUT2D eigenvalue weighted by Gasteiger charge is 2.21. The monoisotopic (exact) mass is 297 g/mol. The third-order valence-corrected chi connectivity index (χ3v) is 3.71. The number of hydrogen-bond donors (Lipinski definition) is 1. The molecule has 0 radical (unpaired) electrons. The van der Waals surface area contributed by atoms with Gasteiger partial charge in [-0.3, -0.25) is 4.90 Å². The van der Waals surface area contributed by atoms with Crippen LogP contribution in [0.5, 0.6) is 0 Å². The van der Waals surface area contributed by atoms with E-state index in [1.54, 1.807) is 4.90 Å². The van der Waals surface area contributed by atoms with Gasteiger partial charge >= 0.3 is 6.03 Å². The van der Waals surface area contributed by atoms with E-state index in [4.69, 9.17) is 5.26 Å². The standard InChI is InChI=1S/C11H15N5O3S/c12-6-10-7-13-16(8-10)11(17)15-3-1-2-14(4-5-15)9-20(18)19/h7-8,20H,1-5,9H2. The molecule has 1 amide bonds. The van der Waals surface area contributed by atoms with Crippen LogP contribution in [-0.4, -0.2) is 66.1 Å². The van der Waals surface area contributed by atoms with Crippen LogP contribution in [0.25, 0.3) is 0 Å². The first-order valence-corrected chi connectivity index (χ1v) is 7.54. The fourth-order valence-corrected chi connectivity index (χ4v) is 2.71. The number of carbonyl (C=O) groups excluding carboxylic acids is 1. The minimum absolute atomic E-state index is 0.0255. The van der Waals surface area contributed by atoms with Gasteiger partial charge in [0.05, 0.1) is 23.8 Å². The van der Waals surface area contributed by atoms with Gasteiger partial charge in [0.25, 0.3) is 0 Å². The third-order valence-electron chi connectivity index (χ3n) is 3.08. The number of nitrogens with zero attached hydrogens (tertiary/aromatic N) is 5. The van der Waals surface area contributed by atoms with Crippen molar-refractivity contribution in [2.45, 2.75) is 6.42 Å². The Morgan fingerprint density at radius 3 is 2.80 bits per heavy atom. The fourth-order valence-electron chi connectivity index (χ4n) is 2.10. The Morgan fingerprint density at radius 2 is 2.15 bits per heavy atom. The maximum Gasteiger partial charge on any atom is 0.344 e. The van der Waals surface area contributed by atoms with E-state index < -0.39 is 10.7 Å². The number of amides is 1. The first-order valence-electron chi connectivity index (χ1n) is 6.18. The van der Waals surface area contributed by atoms with Gasteiger partial charge in [0.15, 0.2) is 10.7 Å². The van der Waals surface area contributed by atoms with Gasteiger partial charge in [0, 0.05) is 26.2 Å².